The summed E-state index contributed by atoms with van der Waals surface area (Å²) in [6, 6.07) is 12.3. The molecule has 0 aliphatic heterocycles. The highest BCUT2D eigenvalue weighted by atomic mass is 28.3. The number of phenols is 1. The van der Waals surface area contributed by atoms with Gasteiger partial charge in [0, 0.05) is 11.1 Å². The van der Waals surface area contributed by atoms with E-state index in [1.165, 1.54) is 5.19 Å². The predicted molar refractivity (Wildman–Crippen MR) is 139 cm³/mol. The van der Waals surface area contributed by atoms with Crippen LogP contribution in [-0.4, -0.2) is 25.4 Å². The molecule has 0 amide bonds. The molecule has 0 saturated carbocycles. The number of hydrogen-bond acceptors (Lipinski definition) is 4. The Hall–Kier alpha value is -2.98. The van der Waals surface area contributed by atoms with Crippen molar-refractivity contribution in [3.05, 3.63) is 53.1 Å². The van der Waals surface area contributed by atoms with Gasteiger partial charge in [-0.2, -0.15) is 5.26 Å². The SMILES string of the molecule is CC(C)(C)c1cc(OC[Si](C)(C)c2ccc(CN=C(N)NC#N)cc2)cc(C(C)(C)C)c1O. The van der Waals surface area contributed by atoms with Gasteiger partial charge in [0.15, 0.2) is 6.19 Å². The Kier molecular flexibility index (Phi) is 7.86. The van der Waals surface area contributed by atoms with Gasteiger partial charge in [-0.15, -0.1) is 0 Å². The average Bonchev–Trinajstić information content (AvgIpc) is 2.70. The molecule has 7 heteroatoms. The van der Waals surface area contributed by atoms with Crippen molar-refractivity contribution < 1.29 is 9.84 Å². The molecule has 0 spiro atoms. The molecule has 2 aromatic carbocycles. The first-order chi connectivity index (χ1) is 15.1. The minimum absolute atomic E-state index is 0.114. The summed E-state index contributed by atoms with van der Waals surface area (Å²) in [7, 11) is -1.88. The van der Waals surface area contributed by atoms with Crippen LogP contribution in [0.3, 0.4) is 0 Å². The number of aromatic hydroxyl groups is 1. The predicted octanol–water partition coefficient (Wildman–Crippen LogP) is 4.41. The molecule has 0 bridgehead atoms. The van der Waals surface area contributed by atoms with Gasteiger partial charge < -0.3 is 15.6 Å². The van der Waals surface area contributed by atoms with Crippen LogP contribution in [0, 0.1) is 11.5 Å². The van der Waals surface area contributed by atoms with Crippen molar-refractivity contribution in [2.45, 2.75) is 72.0 Å². The average molecular weight is 467 g/mol. The Morgan fingerprint density at radius 2 is 1.58 bits per heavy atom. The van der Waals surface area contributed by atoms with Crippen LogP contribution in [0.1, 0.15) is 58.2 Å². The Labute approximate surface area is 199 Å². The molecule has 0 fully saturated rings. The topological polar surface area (TPSA) is 104 Å². The third-order valence-corrected chi connectivity index (χ3v) is 8.41. The van der Waals surface area contributed by atoms with Gasteiger partial charge in [-0.05, 0) is 28.5 Å². The fourth-order valence-corrected chi connectivity index (χ4v) is 5.28. The second-order valence-electron chi connectivity index (χ2n) is 11.2. The lowest BCUT2D eigenvalue weighted by molar-refractivity contribution is 0.369. The van der Waals surface area contributed by atoms with E-state index in [4.69, 9.17) is 15.7 Å². The van der Waals surface area contributed by atoms with Gasteiger partial charge >= 0.3 is 0 Å². The quantitative estimate of drug-likeness (QED) is 0.192. The Morgan fingerprint density at radius 3 is 2.03 bits per heavy atom. The summed E-state index contributed by atoms with van der Waals surface area (Å²) in [6.45, 7) is 17.6. The molecule has 0 atom stereocenters. The van der Waals surface area contributed by atoms with E-state index in [2.05, 4.69) is 77.1 Å². The maximum Gasteiger partial charge on any atom is 0.202 e. The van der Waals surface area contributed by atoms with E-state index in [-0.39, 0.29) is 16.8 Å². The normalized spacial score (nSPS) is 12.9. The van der Waals surface area contributed by atoms with Gasteiger partial charge in [-0.25, -0.2) is 4.99 Å². The molecule has 0 radical (unpaired) electrons. The molecular weight excluding hydrogens is 428 g/mol. The number of guanidine groups is 1. The molecule has 6 nitrogen and oxygen atoms in total. The Balaban J connectivity index is 2.23. The maximum absolute atomic E-state index is 10.9. The van der Waals surface area contributed by atoms with E-state index in [9.17, 15) is 5.11 Å². The van der Waals surface area contributed by atoms with Gasteiger partial charge in [0.05, 0.1) is 12.8 Å². The molecule has 0 aliphatic carbocycles. The van der Waals surface area contributed by atoms with Crippen molar-refractivity contribution in [1.82, 2.24) is 5.32 Å². The monoisotopic (exact) mass is 466 g/mol. The Bertz CT molecular complexity index is 1000. The van der Waals surface area contributed by atoms with Crippen LogP contribution in [0.2, 0.25) is 13.1 Å². The molecule has 33 heavy (non-hydrogen) atoms. The van der Waals surface area contributed by atoms with Crippen LogP contribution in [0.4, 0.5) is 0 Å². The maximum atomic E-state index is 10.9. The summed E-state index contributed by atoms with van der Waals surface area (Å²) in [4.78, 5) is 4.14. The first kappa shape index (κ1) is 26.3. The van der Waals surface area contributed by atoms with Crippen LogP contribution >= 0.6 is 0 Å². The van der Waals surface area contributed by atoms with Gasteiger partial charge in [0.25, 0.3) is 0 Å². The lowest BCUT2D eigenvalue weighted by atomic mass is 9.79. The summed E-state index contributed by atoms with van der Waals surface area (Å²) < 4.78 is 6.36. The third kappa shape index (κ3) is 7.00. The number of phenolic OH excluding ortho intramolecular Hbond substituents is 1. The first-order valence-electron chi connectivity index (χ1n) is 11.2. The van der Waals surface area contributed by atoms with Crippen molar-refractivity contribution in [3.63, 3.8) is 0 Å². The molecule has 0 saturated heterocycles. The number of aliphatic imine (C=N–C) groups is 1. The molecule has 178 valence electrons. The minimum atomic E-state index is -1.88. The van der Waals surface area contributed by atoms with E-state index >= 15 is 0 Å². The standard InChI is InChI=1S/C26H38N4O2Si/c1-25(2,3)21-13-19(14-22(23(21)31)26(4,5)6)32-17-33(7,8)20-11-9-18(10-12-20)15-29-24(28)30-16-27/h9-14,31H,15,17H2,1-8H3,(H3,28,29,30). The second kappa shape index (κ2) is 9.88. The van der Waals surface area contributed by atoms with Crippen molar-refractivity contribution in [1.29, 1.82) is 5.26 Å². The number of hydrogen-bond donors (Lipinski definition) is 3. The van der Waals surface area contributed by atoms with Gasteiger partial charge in [0.1, 0.15) is 19.6 Å². The number of nitrogens with two attached hydrogens (primary N) is 1. The van der Waals surface area contributed by atoms with E-state index < -0.39 is 8.07 Å². The number of rotatable bonds is 6. The van der Waals surface area contributed by atoms with Crippen LogP contribution < -0.4 is 21.0 Å². The zero-order valence-electron chi connectivity index (χ0n) is 21.2. The number of ether oxygens (including phenoxy) is 1. The smallest absolute Gasteiger partial charge is 0.202 e. The van der Waals surface area contributed by atoms with Crippen LogP contribution in [0.25, 0.3) is 0 Å². The third-order valence-electron chi connectivity index (χ3n) is 5.65. The van der Waals surface area contributed by atoms with Crippen molar-refractivity contribution in [2.24, 2.45) is 10.7 Å². The van der Waals surface area contributed by atoms with E-state index in [1.54, 1.807) is 6.19 Å². The summed E-state index contributed by atoms with van der Waals surface area (Å²) in [5.74, 6) is 1.28. The van der Waals surface area contributed by atoms with Crippen molar-refractivity contribution in [2.75, 3.05) is 6.23 Å². The van der Waals surface area contributed by atoms with E-state index in [0.717, 1.165) is 22.4 Å². The fraction of sp³-hybridized carbons (Fsp3) is 0.462. The molecule has 4 N–H and O–H groups in total. The highest BCUT2D eigenvalue weighted by Crippen LogP contribution is 2.41. The van der Waals surface area contributed by atoms with E-state index in [0.29, 0.717) is 18.5 Å². The molecule has 0 heterocycles. The van der Waals surface area contributed by atoms with Gasteiger partial charge in [-0.1, -0.05) is 84.1 Å². The molecular formula is C26H38N4O2Si. The fourth-order valence-electron chi connectivity index (χ4n) is 3.52. The minimum Gasteiger partial charge on any atom is -0.507 e. The van der Waals surface area contributed by atoms with Crippen LogP contribution in [-0.2, 0) is 17.4 Å². The highest BCUT2D eigenvalue weighted by Gasteiger charge is 2.29. The van der Waals surface area contributed by atoms with Gasteiger partial charge in [-0.3, -0.25) is 5.32 Å². The molecule has 2 rings (SSSR count). The number of benzene rings is 2. The second-order valence-corrected chi connectivity index (χ2v) is 15.8. The summed E-state index contributed by atoms with van der Waals surface area (Å²) >= 11 is 0. The zero-order chi connectivity index (χ0) is 25.0. The number of nitriles is 1. The first-order valence-corrected chi connectivity index (χ1v) is 14.4. The Morgan fingerprint density at radius 1 is 1.06 bits per heavy atom. The largest absolute Gasteiger partial charge is 0.507 e. The summed E-state index contributed by atoms with van der Waals surface area (Å²) in [5.41, 5.74) is 8.04. The summed E-state index contributed by atoms with van der Waals surface area (Å²) in [6.07, 6.45) is 2.38. The molecule has 0 unspecified atom stereocenters. The lowest BCUT2D eigenvalue weighted by Gasteiger charge is -2.29. The molecule has 2 aromatic rings. The zero-order valence-corrected chi connectivity index (χ0v) is 22.2. The van der Waals surface area contributed by atoms with Crippen molar-refractivity contribution in [3.8, 4) is 17.7 Å². The number of nitrogens with one attached hydrogen (secondary N) is 1. The van der Waals surface area contributed by atoms with Crippen molar-refractivity contribution >= 4 is 19.2 Å². The molecule has 0 aliphatic rings. The van der Waals surface area contributed by atoms with Crippen LogP contribution in [0.15, 0.2) is 41.4 Å². The van der Waals surface area contributed by atoms with E-state index in [1.807, 2.05) is 24.3 Å². The van der Waals surface area contributed by atoms with Gasteiger partial charge in [0.2, 0.25) is 5.96 Å². The van der Waals surface area contributed by atoms with Crippen LogP contribution in [0.5, 0.6) is 11.5 Å². The highest BCUT2D eigenvalue weighted by molar-refractivity contribution is 6.89. The molecule has 0 aromatic heterocycles. The number of nitrogens with zero attached hydrogens (tertiary/aromatic N) is 2. The summed E-state index contributed by atoms with van der Waals surface area (Å²) in [5, 5.41) is 23.1. The lowest BCUT2D eigenvalue weighted by Crippen LogP contribution is -2.47.